The van der Waals surface area contributed by atoms with Gasteiger partial charge in [0.1, 0.15) is 11.8 Å². The van der Waals surface area contributed by atoms with E-state index in [2.05, 4.69) is 15.4 Å². The third kappa shape index (κ3) is 1.33. The summed E-state index contributed by atoms with van der Waals surface area (Å²) in [6, 6.07) is 0. The van der Waals surface area contributed by atoms with Crippen molar-refractivity contribution in [3.05, 3.63) is 11.9 Å². The third-order valence-corrected chi connectivity index (χ3v) is 2.01. The van der Waals surface area contributed by atoms with E-state index in [9.17, 15) is 0 Å². The Kier molecular flexibility index (Phi) is 2.05. The summed E-state index contributed by atoms with van der Waals surface area (Å²) < 4.78 is 10.6. The highest BCUT2D eigenvalue weighted by atomic mass is 16.7. The fourth-order valence-corrected chi connectivity index (χ4v) is 1.36. The Labute approximate surface area is 70.1 Å². The van der Waals surface area contributed by atoms with Crippen molar-refractivity contribution in [1.82, 2.24) is 15.4 Å². The van der Waals surface area contributed by atoms with Crippen molar-refractivity contribution < 1.29 is 9.47 Å². The van der Waals surface area contributed by atoms with E-state index in [1.807, 2.05) is 0 Å². The number of H-pyrrole nitrogens is 1. The van der Waals surface area contributed by atoms with E-state index in [4.69, 9.17) is 9.47 Å². The van der Waals surface area contributed by atoms with E-state index in [0.29, 0.717) is 0 Å². The van der Waals surface area contributed by atoms with Crippen LogP contribution in [0.15, 0.2) is 6.20 Å². The van der Waals surface area contributed by atoms with Crippen LogP contribution in [0.25, 0.3) is 0 Å². The molecule has 0 aromatic carbocycles. The molecular formula is C7H11N3O2. The predicted molar refractivity (Wildman–Crippen MR) is 40.2 cm³/mol. The van der Waals surface area contributed by atoms with E-state index < -0.39 is 0 Å². The first-order valence-corrected chi connectivity index (χ1v) is 3.94. The molecule has 1 aromatic rings. The van der Waals surface area contributed by atoms with E-state index in [1.54, 1.807) is 13.3 Å². The molecule has 1 N–H and O–H groups in total. The van der Waals surface area contributed by atoms with Crippen molar-refractivity contribution in [3.8, 4) is 0 Å². The van der Waals surface area contributed by atoms with Gasteiger partial charge in [0.15, 0.2) is 6.29 Å². The van der Waals surface area contributed by atoms with Crippen molar-refractivity contribution >= 4 is 0 Å². The second-order valence-corrected chi connectivity index (χ2v) is 2.76. The highest BCUT2D eigenvalue weighted by Crippen LogP contribution is 2.30. The molecule has 0 unspecified atom stereocenters. The Hall–Kier alpha value is -0.940. The van der Waals surface area contributed by atoms with Crippen LogP contribution in [0.3, 0.4) is 0 Å². The molecule has 12 heavy (non-hydrogen) atoms. The molecule has 2 atom stereocenters. The first-order valence-electron chi connectivity index (χ1n) is 3.94. The molecule has 66 valence electrons. The zero-order valence-corrected chi connectivity index (χ0v) is 6.86. The van der Waals surface area contributed by atoms with E-state index >= 15 is 0 Å². The van der Waals surface area contributed by atoms with Gasteiger partial charge in [-0.05, 0) is 6.42 Å². The van der Waals surface area contributed by atoms with Crippen molar-refractivity contribution in [3.63, 3.8) is 0 Å². The van der Waals surface area contributed by atoms with Gasteiger partial charge in [0.25, 0.3) is 0 Å². The molecule has 1 saturated heterocycles. The lowest BCUT2D eigenvalue weighted by molar-refractivity contribution is -0.116. The van der Waals surface area contributed by atoms with E-state index in [1.165, 1.54) is 0 Å². The largest absolute Gasteiger partial charge is 0.356 e. The molecule has 0 spiro atoms. The summed E-state index contributed by atoms with van der Waals surface area (Å²) in [5.41, 5.74) is 0.856. The minimum absolute atomic E-state index is 0.0497. The smallest absolute Gasteiger partial charge is 0.158 e. The number of ether oxygens (including phenoxy) is 2. The lowest BCUT2D eigenvalue weighted by Gasteiger charge is -2.08. The van der Waals surface area contributed by atoms with Crippen LogP contribution in [0.4, 0.5) is 0 Å². The van der Waals surface area contributed by atoms with Crippen LogP contribution in [-0.2, 0) is 9.47 Å². The number of hydrogen-bond donors (Lipinski definition) is 1. The monoisotopic (exact) mass is 169 g/mol. The molecule has 0 radical (unpaired) electrons. The van der Waals surface area contributed by atoms with Crippen LogP contribution >= 0.6 is 0 Å². The summed E-state index contributed by atoms with van der Waals surface area (Å²) >= 11 is 0. The topological polar surface area (TPSA) is 60.0 Å². The molecule has 1 aromatic heterocycles. The molecule has 0 saturated carbocycles. The molecule has 1 aliphatic heterocycles. The molecule has 0 bridgehead atoms. The maximum absolute atomic E-state index is 5.51. The van der Waals surface area contributed by atoms with Crippen LogP contribution in [0.1, 0.15) is 24.6 Å². The normalized spacial score (nSPS) is 29.4. The van der Waals surface area contributed by atoms with Crippen molar-refractivity contribution in [2.45, 2.75) is 25.2 Å². The average Bonchev–Trinajstić information content (AvgIpc) is 2.75. The van der Waals surface area contributed by atoms with Crippen LogP contribution in [0.2, 0.25) is 0 Å². The number of aromatic nitrogens is 3. The standard InChI is InChI=1S/C7H11N3O2/c1-11-7-3-2-6(12-7)5-4-8-10-9-5/h4,6-7H,2-3H2,1H3,(H,8,9,10)/t6-,7+/m0/s1. The zero-order valence-electron chi connectivity index (χ0n) is 6.86. The molecule has 0 amide bonds. The molecule has 2 heterocycles. The van der Waals surface area contributed by atoms with Gasteiger partial charge in [0.2, 0.25) is 0 Å². The van der Waals surface area contributed by atoms with Crippen LogP contribution in [0, 0.1) is 0 Å². The molecule has 0 aliphatic carbocycles. The first kappa shape index (κ1) is 7.70. The number of hydrogen-bond acceptors (Lipinski definition) is 4. The zero-order chi connectivity index (χ0) is 8.39. The summed E-state index contributed by atoms with van der Waals surface area (Å²) in [6.45, 7) is 0. The fourth-order valence-electron chi connectivity index (χ4n) is 1.36. The third-order valence-electron chi connectivity index (χ3n) is 2.01. The Bertz CT molecular complexity index is 237. The minimum atomic E-state index is -0.0771. The van der Waals surface area contributed by atoms with Crippen LogP contribution in [0.5, 0.6) is 0 Å². The summed E-state index contributed by atoms with van der Waals surface area (Å²) in [7, 11) is 1.65. The molecular weight excluding hydrogens is 158 g/mol. The average molecular weight is 169 g/mol. The maximum atomic E-state index is 5.51. The second-order valence-electron chi connectivity index (χ2n) is 2.76. The van der Waals surface area contributed by atoms with Gasteiger partial charge < -0.3 is 9.47 Å². The minimum Gasteiger partial charge on any atom is -0.356 e. The lowest BCUT2D eigenvalue weighted by Crippen LogP contribution is -2.08. The van der Waals surface area contributed by atoms with E-state index in [0.717, 1.165) is 18.5 Å². The predicted octanol–water partition coefficient (Wildman–Crippen LogP) is 0.629. The Morgan fingerprint density at radius 3 is 3.17 bits per heavy atom. The molecule has 1 aliphatic rings. The highest BCUT2D eigenvalue weighted by molar-refractivity contribution is 4.98. The quantitative estimate of drug-likeness (QED) is 0.705. The SMILES string of the molecule is CO[C@H]1CC[C@@H](c2cn[nH]n2)O1. The molecule has 2 rings (SSSR count). The maximum Gasteiger partial charge on any atom is 0.158 e. The van der Waals surface area contributed by atoms with Gasteiger partial charge in [-0.1, -0.05) is 0 Å². The highest BCUT2D eigenvalue weighted by Gasteiger charge is 2.27. The number of nitrogens with zero attached hydrogens (tertiary/aromatic N) is 2. The number of rotatable bonds is 2. The Balaban J connectivity index is 2.00. The molecule has 5 heteroatoms. The van der Waals surface area contributed by atoms with Gasteiger partial charge in [-0.25, -0.2) is 0 Å². The summed E-state index contributed by atoms with van der Waals surface area (Å²) in [5.74, 6) is 0. The van der Waals surface area contributed by atoms with Crippen molar-refractivity contribution in [2.24, 2.45) is 0 Å². The van der Waals surface area contributed by atoms with Crippen molar-refractivity contribution in [1.29, 1.82) is 0 Å². The second kappa shape index (κ2) is 3.20. The van der Waals surface area contributed by atoms with Gasteiger partial charge in [-0.15, -0.1) is 0 Å². The summed E-state index contributed by atoms with van der Waals surface area (Å²) in [4.78, 5) is 0. The fraction of sp³-hybridized carbons (Fsp3) is 0.714. The summed E-state index contributed by atoms with van der Waals surface area (Å²) in [5, 5.41) is 10.2. The number of methoxy groups -OCH3 is 1. The van der Waals surface area contributed by atoms with Gasteiger partial charge >= 0.3 is 0 Å². The van der Waals surface area contributed by atoms with Gasteiger partial charge in [-0.3, -0.25) is 0 Å². The number of nitrogens with one attached hydrogen (secondary N) is 1. The number of aromatic amines is 1. The van der Waals surface area contributed by atoms with Crippen LogP contribution in [-0.4, -0.2) is 28.8 Å². The van der Waals surface area contributed by atoms with Gasteiger partial charge in [-0.2, -0.15) is 15.4 Å². The van der Waals surface area contributed by atoms with Gasteiger partial charge in [0.05, 0.1) is 6.20 Å². The summed E-state index contributed by atoms with van der Waals surface area (Å²) in [6.07, 6.45) is 3.53. The van der Waals surface area contributed by atoms with Crippen LogP contribution < -0.4 is 0 Å². The van der Waals surface area contributed by atoms with Gasteiger partial charge in [0, 0.05) is 13.5 Å². The molecule has 1 fully saturated rings. The van der Waals surface area contributed by atoms with E-state index in [-0.39, 0.29) is 12.4 Å². The Morgan fingerprint density at radius 2 is 2.58 bits per heavy atom. The Morgan fingerprint density at radius 1 is 1.67 bits per heavy atom. The van der Waals surface area contributed by atoms with Crippen molar-refractivity contribution in [2.75, 3.05) is 7.11 Å². The molecule has 5 nitrogen and oxygen atoms in total. The first-order chi connectivity index (χ1) is 5.90. The lowest BCUT2D eigenvalue weighted by atomic mass is 10.2.